The van der Waals surface area contributed by atoms with Gasteiger partial charge in [0, 0.05) is 41.8 Å². The molecule has 19 heavy (non-hydrogen) atoms. The van der Waals surface area contributed by atoms with E-state index in [-0.39, 0.29) is 17.1 Å². The minimum atomic E-state index is -0.963. The van der Waals surface area contributed by atoms with E-state index in [2.05, 4.69) is 5.32 Å². The minimum absolute atomic E-state index is 0.0446. The second kappa shape index (κ2) is 7.03. The van der Waals surface area contributed by atoms with Crippen LogP contribution in [0, 0.1) is 5.92 Å². The molecule has 0 aliphatic carbocycles. The standard InChI is InChI=1S/C13H24N2O3S/c1-9(2)7-11-13(17)15(6-5-12(16)14-11)8-10(3)19(4)18/h9-11H,5-8H2,1-4H3,(H,14,16). The molecule has 5 nitrogen and oxygen atoms in total. The lowest BCUT2D eigenvalue weighted by Crippen LogP contribution is -2.47. The Morgan fingerprint density at radius 3 is 2.53 bits per heavy atom. The molecule has 2 amide bonds. The Morgan fingerprint density at radius 1 is 1.37 bits per heavy atom. The predicted molar refractivity (Wildman–Crippen MR) is 76.1 cm³/mol. The zero-order chi connectivity index (χ0) is 14.6. The summed E-state index contributed by atoms with van der Waals surface area (Å²) in [6, 6.07) is -0.438. The quantitative estimate of drug-likeness (QED) is 0.802. The molecule has 3 atom stereocenters. The van der Waals surface area contributed by atoms with Crippen LogP contribution in [0.5, 0.6) is 0 Å². The molecule has 0 spiro atoms. The molecule has 1 rings (SSSR count). The first-order chi connectivity index (χ1) is 8.81. The highest BCUT2D eigenvalue weighted by Crippen LogP contribution is 2.13. The Balaban J connectivity index is 2.77. The molecular formula is C13H24N2O3S. The third-order valence-electron chi connectivity index (χ3n) is 3.31. The molecule has 0 bridgehead atoms. The van der Waals surface area contributed by atoms with Crippen molar-refractivity contribution in [3.63, 3.8) is 0 Å². The molecule has 6 heteroatoms. The third kappa shape index (κ3) is 4.93. The number of carbonyl (C=O) groups is 2. The highest BCUT2D eigenvalue weighted by molar-refractivity contribution is 7.84. The smallest absolute Gasteiger partial charge is 0.245 e. The van der Waals surface area contributed by atoms with Gasteiger partial charge in [0.15, 0.2) is 0 Å². The number of hydrogen-bond acceptors (Lipinski definition) is 3. The first-order valence-electron chi connectivity index (χ1n) is 6.71. The summed E-state index contributed by atoms with van der Waals surface area (Å²) in [7, 11) is -0.963. The highest BCUT2D eigenvalue weighted by atomic mass is 32.2. The van der Waals surface area contributed by atoms with Crippen molar-refractivity contribution in [3.8, 4) is 0 Å². The third-order valence-corrected chi connectivity index (χ3v) is 4.59. The lowest BCUT2D eigenvalue weighted by molar-refractivity contribution is -0.133. The van der Waals surface area contributed by atoms with Crippen LogP contribution in [-0.4, -0.2) is 51.6 Å². The van der Waals surface area contributed by atoms with Crippen molar-refractivity contribution < 1.29 is 13.8 Å². The molecule has 0 aromatic carbocycles. The summed E-state index contributed by atoms with van der Waals surface area (Å²) in [5.74, 6) is 0.218. The zero-order valence-corrected chi connectivity index (χ0v) is 13.0. The predicted octanol–water partition coefficient (Wildman–Crippen LogP) is 0.517. The first-order valence-corrected chi connectivity index (χ1v) is 8.33. The Bertz CT molecular complexity index is 371. The van der Waals surface area contributed by atoms with E-state index in [1.54, 1.807) is 11.2 Å². The van der Waals surface area contributed by atoms with Crippen molar-refractivity contribution in [3.05, 3.63) is 0 Å². The number of hydrogen-bond donors (Lipinski definition) is 1. The van der Waals surface area contributed by atoms with Gasteiger partial charge >= 0.3 is 0 Å². The molecule has 0 aromatic rings. The number of nitrogens with one attached hydrogen (secondary N) is 1. The summed E-state index contributed by atoms with van der Waals surface area (Å²) < 4.78 is 11.4. The van der Waals surface area contributed by atoms with Gasteiger partial charge in [-0.1, -0.05) is 13.8 Å². The zero-order valence-electron chi connectivity index (χ0n) is 12.1. The van der Waals surface area contributed by atoms with E-state index in [1.165, 1.54) is 0 Å². The van der Waals surface area contributed by atoms with Gasteiger partial charge in [-0.3, -0.25) is 13.8 Å². The number of rotatable bonds is 5. The largest absolute Gasteiger partial charge is 0.344 e. The second-order valence-electron chi connectivity index (χ2n) is 5.59. The van der Waals surface area contributed by atoms with Gasteiger partial charge < -0.3 is 10.2 Å². The maximum Gasteiger partial charge on any atom is 0.245 e. The molecule has 1 heterocycles. The van der Waals surface area contributed by atoms with Crippen molar-refractivity contribution in [2.75, 3.05) is 19.3 Å². The van der Waals surface area contributed by atoms with Gasteiger partial charge in [-0.15, -0.1) is 0 Å². The van der Waals surface area contributed by atoms with Crippen molar-refractivity contribution in [2.45, 2.75) is 44.9 Å². The van der Waals surface area contributed by atoms with E-state index in [1.807, 2.05) is 20.8 Å². The Hall–Kier alpha value is -0.910. The maximum atomic E-state index is 12.4. The molecule has 3 unspecified atom stereocenters. The van der Waals surface area contributed by atoms with Crippen molar-refractivity contribution in [1.29, 1.82) is 0 Å². The maximum absolute atomic E-state index is 12.4. The number of carbonyl (C=O) groups excluding carboxylic acids is 2. The summed E-state index contributed by atoms with van der Waals surface area (Å²) in [5, 5.41) is 2.71. The molecule has 0 aromatic heterocycles. The van der Waals surface area contributed by atoms with Gasteiger partial charge in [0.1, 0.15) is 6.04 Å². The second-order valence-corrected chi connectivity index (χ2v) is 7.40. The average molecular weight is 288 g/mol. The van der Waals surface area contributed by atoms with Gasteiger partial charge in [-0.05, 0) is 19.3 Å². The fourth-order valence-corrected chi connectivity index (χ4v) is 2.51. The van der Waals surface area contributed by atoms with Crippen LogP contribution in [0.25, 0.3) is 0 Å². The molecule has 1 fully saturated rings. The van der Waals surface area contributed by atoms with E-state index >= 15 is 0 Å². The fourth-order valence-electron chi connectivity index (χ4n) is 2.12. The van der Waals surface area contributed by atoms with Crippen LogP contribution in [-0.2, 0) is 20.4 Å². The minimum Gasteiger partial charge on any atom is -0.344 e. The van der Waals surface area contributed by atoms with E-state index in [0.717, 1.165) is 0 Å². The number of amides is 2. The molecule has 110 valence electrons. The lowest BCUT2D eigenvalue weighted by Gasteiger charge is -2.26. The summed E-state index contributed by atoms with van der Waals surface area (Å²) in [6.45, 7) is 6.78. The summed E-state index contributed by atoms with van der Waals surface area (Å²) in [4.78, 5) is 25.7. The van der Waals surface area contributed by atoms with Crippen LogP contribution in [0.4, 0.5) is 0 Å². The molecule has 0 radical (unpaired) electrons. The SMILES string of the molecule is CC(C)CC1NC(=O)CCN(CC(C)S(C)=O)C1=O. The van der Waals surface area contributed by atoms with E-state index < -0.39 is 16.8 Å². The Labute approximate surface area is 117 Å². The monoisotopic (exact) mass is 288 g/mol. The summed E-state index contributed by atoms with van der Waals surface area (Å²) in [5.41, 5.74) is 0. The summed E-state index contributed by atoms with van der Waals surface area (Å²) >= 11 is 0. The van der Waals surface area contributed by atoms with Crippen LogP contribution in [0.15, 0.2) is 0 Å². The molecule has 1 aliphatic rings. The van der Waals surface area contributed by atoms with Gasteiger partial charge in [-0.25, -0.2) is 0 Å². The van der Waals surface area contributed by atoms with E-state index in [0.29, 0.717) is 31.8 Å². The normalized spacial score (nSPS) is 24.1. The van der Waals surface area contributed by atoms with Crippen LogP contribution >= 0.6 is 0 Å². The van der Waals surface area contributed by atoms with E-state index in [4.69, 9.17) is 0 Å². The van der Waals surface area contributed by atoms with Crippen LogP contribution in [0.3, 0.4) is 0 Å². The van der Waals surface area contributed by atoms with Crippen molar-refractivity contribution >= 4 is 22.6 Å². The average Bonchev–Trinajstić information content (AvgIpc) is 2.42. The van der Waals surface area contributed by atoms with Gasteiger partial charge in [0.05, 0.1) is 0 Å². The molecule has 1 N–H and O–H groups in total. The van der Waals surface area contributed by atoms with Gasteiger partial charge in [-0.2, -0.15) is 0 Å². The Morgan fingerprint density at radius 2 is 2.00 bits per heavy atom. The summed E-state index contributed by atoms with van der Waals surface area (Å²) in [6.07, 6.45) is 2.61. The van der Waals surface area contributed by atoms with Crippen LogP contribution in [0.2, 0.25) is 0 Å². The van der Waals surface area contributed by atoms with Gasteiger partial charge in [0.25, 0.3) is 0 Å². The van der Waals surface area contributed by atoms with Crippen LogP contribution < -0.4 is 5.32 Å². The van der Waals surface area contributed by atoms with Crippen molar-refractivity contribution in [2.24, 2.45) is 5.92 Å². The van der Waals surface area contributed by atoms with Gasteiger partial charge in [0.2, 0.25) is 11.8 Å². The molecule has 1 saturated heterocycles. The number of nitrogens with zero attached hydrogens (tertiary/aromatic N) is 1. The molecular weight excluding hydrogens is 264 g/mol. The fraction of sp³-hybridized carbons (Fsp3) is 0.846. The Kier molecular flexibility index (Phi) is 5.97. The topological polar surface area (TPSA) is 66.5 Å². The lowest BCUT2D eigenvalue weighted by atomic mass is 10.0. The van der Waals surface area contributed by atoms with Crippen molar-refractivity contribution in [1.82, 2.24) is 10.2 Å². The van der Waals surface area contributed by atoms with Crippen LogP contribution in [0.1, 0.15) is 33.6 Å². The molecule has 0 saturated carbocycles. The highest BCUT2D eigenvalue weighted by Gasteiger charge is 2.31. The first kappa shape index (κ1) is 16.1. The molecule has 1 aliphatic heterocycles. The van der Waals surface area contributed by atoms with E-state index in [9.17, 15) is 13.8 Å².